The molecule has 3 aromatic rings. The topological polar surface area (TPSA) is 38.8 Å². The van der Waals surface area contributed by atoms with Gasteiger partial charge in [0.2, 0.25) is 0 Å². The number of halogens is 1. The van der Waals surface area contributed by atoms with E-state index >= 15 is 0 Å². The highest BCUT2D eigenvalue weighted by Gasteiger charge is 2.28. The lowest BCUT2D eigenvalue weighted by Gasteiger charge is -2.15. The van der Waals surface area contributed by atoms with Crippen molar-refractivity contribution in [3.63, 3.8) is 0 Å². The normalized spacial score (nSPS) is 15.3. The first-order valence-corrected chi connectivity index (χ1v) is 11.2. The molecule has 1 amide bonds. The van der Waals surface area contributed by atoms with Crippen LogP contribution >= 0.6 is 39.9 Å². The predicted octanol–water partition coefficient (Wildman–Crippen LogP) is 6.02. The fraction of sp³-hybridized carbons (Fsp3) is 0.130. The molecule has 3 aromatic carbocycles. The summed E-state index contributed by atoms with van der Waals surface area (Å²) in [4.78, 5) is 14.3. The summed E-state index contributed by atoms with van der Waals surface area (Å²) < 4.78 is 13.0. The maximum absolute atomic E-state index is 12.3. The second kappa shape index (κ2) is 8.79. The molecule has 1 fully saturated rings. The molecule has 1 saturated heterocycles. The van der Waals surface area contributed by atoms with E-state index in [1.165, 1.54) is 22.0 Å². The van der Waals surface area contributed by atoms with Crippen molar-refractivity contribution in [2.75, 3.05) is 14.2 Å². The van der Waals surface area contributed by atoms with Crippen LogP contribution in [0.3, 0.4) is 0 Å². The highest BCUT2D eigenvalue weighted by atomic mass is 79.9. The van der Waals surface area contributed by atoms with Gasteiger partial charge in [0.1, 0.15) is 10.9 Å². The lowest BCUT2D eigenvalue weighted by molar-refractivity contribution is -0.121. The summed E-state index contributed by atoms with van der Waals surface area (Å²) in [5.41, 5.74) is 1.92. The average Bonchev–Trinajstić information content (AvgIpc) is 2.99. The summed E-state index contributed by atoms with van der Waals surface area (Å²) in [6, 6.07) is 18.2. The summed E-state index contributed by atoms with van der Waals surface area (Å²) in [7, 11) is 3.28. The monoisotopic (exact) mass is 499 g/mol. The number of thiocarbonyl (C=S) groups is 1. The third-order valence-electron chi connectivity index (χ3n) is 4.79. The van der Waals surface area contributed by atoms with E-state index in [1.54, 1.807) is 14.2 Å². The van der Waals surface area contributed by atoms with Gasteiger partial charge in [-0.15, -0.1) is 0 Å². The Morgan fingerprint density at radius 2 is 1.93 bits per heavy atom. The molecular weight excluding hydrogens is 482 g/mol. The van der Waals surface area contributed by atoms with Gasteiger partial charge >= 0.3 is 0 Å². The molecule has 0 unspecified atom stereocenters. The van der Waals surface area contributed by atoms with Crippen LogP contribution in [0.25, 0.3) is 16.8 Å². The number of thioether (sulfide) groups is 1. The van der Waals surface area contributed by atoms with Gasteiger partial charge in [0.05, 0.1) is 16.5 Å². The van der Waals surface area contributed by atoms with E-state index in [9.17, 15) is 4.79 Å². The molecule has 0 radical (unpaired) electrons. The number of methoxy groups -OCH3 is 1. The van der Waals surface area contributed by atoms with E-state index in [2.05, 4.69) is 40.2 Å². The van der Waals surface area contributed by atoms with Gasteiger partial charge in [-0.1, -0.05) is 66.4 Å². The molecule has 1 aliphatic rings. The lowest BCUT2D eigenvalue weighted by atomic mass is 10.1. The minimum Gasteiger partial charge on any atom is -0.493 e. The number of amides is 1. The van der Waals surface area contributed by atoms with Crippen molar-refractivity contribution < 1.29 is 14.3 Å². The van der Waals surface area contributed by atoms with Crippen LogP contribution < -0.4 is 9.47 Å². The summed E-state index contributed by atoms with van der Waals surface area (Å²) in [5.74, 6) is 1.10. The lowest BCUT2D eigenvalue weighted by Crippen LogP contribution is -2.22. The molecule has 30 heavy (non-hydrogen) atoms. The van der Waals surface area contributed by atoms with Gasteiger partial charge in [-0.3, -0.25) is 9.69 Å². The van der Waals surface area contributed by atoms with Crippen molar-refractivity contribution in [1.29, 1.82) is 0 Å². The fourth-order valence-electron chi connectivity index (χ4n) is 3.23. The zero-order chi connectivity index (χ0) is 21.3. The van der Waals surface area contributed by atoms with E-state index in [0.29, 0.717) is 27.3 Å². The minimum absolute atomic E-state index is 0.101. The van der Waals surface area contributed by atoms with Crippen molar-refractivity contribution in [1.82, 2.24) is 4.90 Å². The fourth-order valence-corrected chi connectivity index (χ4v) is 4.98. The number of ether oxygens (including phenoxy) is 2. The SMILES string of the molecule is COc1cc(/C=C2\SC(=S)N(C)C2=O)cc(Br)c1OCc1cccc2ccccc12. The third-order valence-corrected chi connectivity index (χ3v) is 6.86. The standard InChI is InChI=1S/C23H18BrNO3S2/c1-25-22(26)20(30-23(25)29)12-14-10-18(24)21(19(11-14)27-2)28-13-16-8-5-7-15-6-3-4-9-17(15)16/h3-12H,13H2,1-2H3/b20-12-. The summed E-state index contributed by atoms with van der Waals surface area (Å²) in [5, 5.41) is 2.33. The van der Waals surface area contributed by atoms with Crippen molar-refractivity contribution in [2.45, 2.75) is 6.61 Å². The van der Waals surface area contributed by atoms with Gasteiger partial charge in [0, 0.05) is 7.05 Å². The van der Waals surface area contributed by atoms with Gasteiger partial charge < -0.3 is 9.47 Å². The van der Waals surface area contributed by atoms with E-state index in [4.69, 9.17) is 21.7 Å². The first-order valence-electron chi connectivity index (χ1n) is 9.16. The number of carbonyl (C=O) groups is 1. The molecule has 1 heterocycles. The number of rotatable bonds is 5. The van der Waals surface area contributed by atoms with Gasteiger partial charge in [-0.2, -0.15) is 0 Å². The molecule has 4 rings (SSSR count). The van der Waals surface area contributed by atoms with Gasteiger partial charge in [0.25, 0.3) is 5.91 Å². The summed E-state index contributed by atoms with van der Waals surface area (Å²) >= 11 is 10.1. The Hall–Kier alpha value is -2.35. The Balaban J connectivity index is 1.62. The molecule has 152 valence electrons. The van der Waals surface area contributed by atoms with Gasteiger partial charge in [-0.05, 0) is 56.0 Å². The second-order valence-corrected chi connectivity index (χ2v) is 9.23. The molecule has 0 spiro atoms. The Bertz CT molecular complexity index is 1190. The Labute approximate surface area is 193 Å². The highest BCUT2D eigenvalue weighted by Crippen LogP contribution is 2.39. The summed E-state index contributed by atoms with van der Waals surface area (Å²) in [6.45, 7) is 0.407. The smallest absolute Gasteiger partial charge is 0.265 e. The number of hydrogen-bond acceptors (Lipinski definition) is 5. The van der Waals surface area contributed by atoms with Gasteiger partial charge in [0.15, 0.2) is 11.5 Å². The number of fused-ring (bicyclic) bond motifs is 1. The maximum atomic E-state index is 12.3. The minimum atomic E-state index is -0.101. The van der Waals surface area contributed by atoms with Crippen molar-refractivity contribution in [3.05, 3.63) is 75.1 Å². The van der Waals surface area contributed by atoms with E-state index in [1.807, 2.05) is 36.4 Å². The van der Waals surface area contributed by atoms with Crippen LogP contribution in [0.1, 0.15) is 11.1 Å². The third kappa shape index (κ3) is 4.10. The van der Waals surface area contributed by atoms with Crippen molar-refractivity contribution in [2.24, 2.45) is 0 Å². The second-order valence-electron chi connectivity index (χ2n) is 6.70. The average molecular weight is 500 g/mol. The van der Waals surface area contributed by atoms with E-state index in [0.717, 1.165) is 21.0 Å². The zero-order valence-corrected chi connectivity index (χ0v) is 19.6. The molecule has 4 nitrogen and oxygen atoms in total. The molecule has 0 atom stereocenters. The van der Waals surface area contributed by atoms with Crippen molar-refractivity contribution in [3.8, 4) is 11.5 Å². The van der Waals surface area contributed by atoms with Crippen LogP contribution in [0, 0.1) is 0 Å². The van der Waals surface area contributed by atoms with Crippen LogP contribution in [-0.2, 0) is 11.4 Å². The maximum Gasteiger partial charge on any atom is 0.265 e. The summed E-state index contributed by atoms with van der Waals surface area (Å²) in [6.07, 6.45) is 1.81. The van der Waals surface area contributed by atoms with Crippen molar-refractivity contribution >= 4 is 67.0 Å². The first-order chi connectivity index (χ1) is 14.5. The van der Waals surface area contributed by atoms with E-state index < -0.39 is 0 Å². The molecule has 0 bridgehead atoms. The molecule has 0 N–H and O–H groups in total. The molecular formula is C23H18BrNO3S2. The first kappa shape index (κ1) is 20.9. The van der Waals surface area contributed by atoms with Crippen LogP contribution in [-0.4, -0.2) is 29.3 Å². The number of likely N-dealkylation sites (N-methyl/N-ethyl adjacent to an activating group) is 1. The molecule has 1 aliphatic heterocycles. The Kier molecular flexibility index (Phi) is 6.13. The zero-order valence-electron chi connectivity index (χ0n) is 16.3. The number of hydrogen-bond donors (Lipinski definition) is 0. The van der Waals surface area contributed by atoms with Crippen LogP contribution in [0.2, 0.25) is 0 Å². The number of nitrogens with zero attached hydrogens (tertiary/aromatic N) is 1. The quantitative estimate of drug-likeness (QED) is 0.317. The number of benzene rings is 3. The predicted molar refractivity (Wildman–Crippen MR) is 130 cm³/mol. The molecule has 0 aromatic heterocycles. The van der Waals surface area contributed by atoms with Crippen LogP contribution in [0.5, 0.6) is 11.5 Å². The number of carbonyl (C=O) groups excluding carboxylic acids is 1. The molecule has 0 saturated carbocycles. The largest absolute Gasteiger partial charge is 0.493 e. The van der Waals surface area contributed by atoms with E-state index in [-0.39, 0.29) is 5.91 Å². The Morgan fingerprint density at radius 1 is 1.17 bits per heavy atom. The van der Waals surface area contributed by atoms with Crippen LogP contribution in [0.15, 0.2) is 64.0 Å². The Morgan fingerprint density at radius 3 is 2.67 bits per heavy atom. The van der Waals surface area contributed by atoms with Gasteiger partial charge in [-0.25, -0.2) is 0 Å². The molecule has 7 heteroatoms. The molecule has 0 aliphatic carbocycles. The highest BCUT2D eigenvalue weighted by molar-refractivity contribution is 9.10. The van der Waals surface area contributed by atoms with Crippen LogP contribution in [0.4, 0.5) is 0 Å².